The summed E-state index contributed by atoms with van der Waals surface area (Å²) >= 11 is 1.53. The van der Waals surface area contributed by atoms with Gasteiger partial charge in [0.05, 0.1) is 5.56 Å². The van der Waals surface area contributed by atoms with Crippen molar-refractivity contribution >= 4 is 23.4 Å². The Morgan fingerprint density at radius 2 is 2.29 bits per heavy atom. The van der Waals surface area contributed by atoms with Gasteiger partial charge in [-0.15, -0.1) is 22.0 Å². The van der Waals surface area contributed by atoms with Crippen LogP contribution in [0.5, 0.6) is 0 Å². The molecule has 1 heterocycles. The molecule has 6 nitrogen and oxygen atoms in total. The van der Waals surface area contributed by atoms with Gasteiger partial charge < -0.3 is 15.0 Å². The van der Waals surface area contributed by atoms with E-state index < -0.39 is 5.97 Å². The molecule has 0 saturated carbocycles. The lowest BCUT2D eigenvalue weighted by Crippen LogP contribution is -2.12. The van der Waals surface area contributed by atoms with Gasteiger partial charge in [0.1, 0.15) is 12.2 Å². The summed E-state index contributed by atoms with van der Waals surface area (Å²) in [5, 5.41) is 20.4. The van der Waals surface area contributed by atoms with Gasteiger partial charge in [-0.3, -0.25) is 0 Å². The third kappa shape index (κ3) is 3.75. The van der Waals surface area contributed by atoms with Crippen LogP contribution in [-0.2, 0) is 13.5 Å². The summed E-state index contributed by atoms with van der Waals surface area (Å²) in [5.74, 6) is 0.786. The summed E-state index contributed by atoms with van der Waals surface area (Å²) in [6.07, 6.45) is 2.33. The number of carboxylic acids is 1. The minimum absolute atomic E-state index is 0.335. The first-order valence-electron chi connectivity index (χ1n) is 6.69. The van der Waals surface area contributed by atoms with Crippen molar-refractivity contribution in [2.24, 2.45) is 7.05 Å². The zero-order chi connectivity index (χ0) is 15.2. The van der Waals surface area contributed by atoms with E-state index in [0.29, 0.717) is 24.2 Å². The molecule has 0 radical (unpaired) electrons. The predicted molar refractivity (Wildman–Crippen MR) is 83.0 cm³/mol. The molecule has 2 aromatic rings. The van der Waals surface area contributed by atoms with Gasteiger partial charge in [0, 0.05) is 30.6 Å². The Balaban J connectivity index is 2.10. The van der Waals surface area contributed by atoms with Crippen LogP contribution in [0.3, 0.4) is 0 Å². The smallest absolute Gasteiger partial charge is 0.338 e. The molecule has 0 unspecified atom stereocenters. The maximum Gasteiger partial charge on any atom is 0.338 e. The summed E-state index contributed by atoms with van der Waals surface area (Å²) in [4.78, 5) is 12.3. The number of carbonyl (C=O) groups is 1. The van der Waals surface area contributed by atoms with Crippen LogP contribution in [0, 0.1) is 0 Å². The molecule has 7 heteroatoms. The van der Waals surface area contributed by atoms with Crippen LogP contribution < -0.4 is 5.32 Å². The van der Waals surface area contributed by atoms with Crippen molar-refractivity contribution in [3.05, 3.63) is 35.9 Å². The third-order valence-electron chi connectivity index (χ3n) is 3.01. The largest absolute Gasteiger partial charge is 0.478 e. The van der Waals surface area contributed by atoms with Crippen molar-refractivity contribution < 1.29 is 9.90 Å². The molecule has 0 aliphatic rings. The first-order chi connectivity index (χ1) is 10.1. The number of aromatic carboxylic acids is 1. The Kier molecular flexibility index (Phi) is 5.21. The number of benzene rings is 1. The van der Waals surface area contributed by atoms with Crippen molar-refractivity contribution in [2.45, 2.75) is 18.2 Å². The molecule has 0 spiro atoms. The highest BCUT2D eigenvalue weighted by atomic mass is 32.2. The number of nitrogens with zero attached hydrogens (tertiary/aromatic N) is 3. The number of aromatic nitrogens is 3. The minimum Gasteiger partial charge on any atom is -0.478 e. The van der Waals surface area contributed by atoms with Crippen molar-refractivity contribution in [3.63, 3.8) is 0 Å². The summed E-state index contributed by atoms with van der Waals surface area (Å²) in [6, 6.07) is 5.50. The van der Waals surface area contributed by atoms with Gasteiger partial charge >= 0.3 is 5.97 Å². The molecule has 21 heavy (non-hydrogen) atoms. The number of hydrogen-bond acceptors (Lipinski definition) is 5. The highest BCUT2D eigenvalue weighted by molar-refractivity contribution is 7.99. The number of anilines is 1. The molecule has 112 valence electrons. The van der Waals surface area contributed by atoms with Crippen molar-refractivity contribution in [1.29, 1.82) is 0 Å². The Bertz CT molecular complexity index is 627. The van der Waals surface area contributed by atoms with Crippen LogP contribution in [0.4, 0.5) is 5.69 Å². The summed E-state index contributed by atoms with van der Waals surface area (Å²) < 4.78 is 1.85. The van der Waals surface area contributed by atoms with E-state index in [1.807, 2.05) is 30.7 Å². The molecule has 2 N–H and O–H groups in total. The Morgan fingerprint density at radius 3 is 2.90 bits per heavy atom. The highest BCUT2D eigenvalue weighted by Gasteiger charge is 2.15. The molecule has 1 aromatic heterocycles. The van der Waals surface area contributed by atoms with E-state index >= 15 is 0 Å². The summed E-state index contributed by atoms with van der Waals surface area (Å²) in [7, 11) is 1.89. The Morgan fingerprint density at radius 1 is 1.48 bits per heavy atom. The van der Waals surface area contributed by atoms with Crippen LogP contribution in [0.2, 0.25) is 0 Å². The molecule has 0 saturated heterocycles. The normalized spacial score (nSPS) is 10.6. The fraction of sp³-hybridized carbons (Fsp3) is 0.357. The minimum atomic E-state index is -0.910. The molecule has 1 aromatic carbocycles. The topological polar surface area (TPSA) is 80.0 Å². The van der Waals surface area contributed by atoms with E-state index in [1.54, 1.807) is 12.4 Å². The zero-order valence-corrected chi connectivity index (χ0v) is 12.9. The molecular formula is C14H18N4O2S. The number of carboxylic acid groups (broad SMARTS) is 1. The van der Waals surface area contributed by atoms with Crippen LogP contribution >= 0.6 is 11.8 Å². The van der Waals surface area contributed by atoms with Gasteiger partial charge in [0.25, 0.3) is 0 Å². The monoisotopic (exact) mass is 306 g/mol. The van der Waals surface area contributed by atoms with E-state index in [-0.39, 0.29) is 0 Å². The maximum absolute atomic E-state index is 11.5. The second-order valence-electron chi connectivity index (χ2n) is 4.45. The maximum atomic E-state index is 11.5. The van der Waals surface area contributed by atoms with E-state index in [1.165, 1.54) is 11.8 Å². The Hall–Kier alpha value is -2.02. The van der Waals surface area contributed by atoms with E-state index in [2.05, 4.69) is 15.5 Å². The lowest BCUT2D eigenvalue weighted by molar-refractivity contribution is 0.0694. The number of hydrogen-bond donors (Lipinski definition) is 2. The van der Waals surface area contributed by atoms with E-state index in [9.17, 15) is 9.90 Å². The van der Waals surface area contributed by atoms with Gasteiger partial charge in [0.2, 0.25) is 0 Å². The fourth-order valence-corrected chi connectivity index (χ4v) is 2.84. The standard InChI is InChI=1S/C14H18N4O2S/c1-3-21-11-6-4-5-10(13(11)14(19)20)15-8-7-12-17-16-9-18(12)2/h4-6,9,15H,3,7-8H2,1-2H3,(H,19,20). The van der Waals surface area contributed by atoms with Crippen LogP contribution in [-0.4, -0.2) is 38.1 Å². The lowest BCUT2D eigenvalue weighted by atomic mass is 10.1. The highest BCUT2D eigenvalue weighted by Crippen LogP contribution is 2.28. The van der Waals surface area contributed by atoms with Gasteiger partial charge in [0.15, 0.2) is 0 Å². The van der Waals surface area contributed by atoms with Crippen LogP contribution in [0.25, 0.3) is 0 Å². The number of rotatable bonds is 7. The van der Waals surface area contributed by atoms with Crippen LogP contribution in [0.1, 0.15) is 23.1 Å². The predicted octanol–water partition coefficient (Wildman–Crippen LogP) is 2.28. The molecule has 0 bridgehead atoms. The first kappa shape index (κ1) is 15.4. The van der Waals surface area contributed by atoms with Crippen molar-refractivity contribution in [1.82, 2.24) is 14.8 Å². The summed E-state index contributed by atoms with van der Waals surface area (Å²) in [6.45, 7) is 2.61. The van der Waals surface area contributed by atoms with Gasteiger partial charge in [-0.25, -0.2) is 4.79 Å². The molecule has 0 aliphatic heterocycles. The van der Waals surface area contributed by atoms with Crippen molar-refractivity contribution in [2.75, 3.05) is 17.6 Å². The van der Waals surface area contributed by atoms with E-state index in [4.69, 9.17) is 0 Å². The van der Waals surface area contributed by atoms with E-state index in [0.717, 1.165) is 16.5 Å². The second-order valence-corrected chi connectivity index (χ2v) is 5.76. The zero-order valence-electron chi connectivity index (χ0n) is 12.0. The van der Waals surface area contributed by atoms with Gasteiger partial charge in [-0.1, -0.05) is 13.0 Å². The average molecular weight is 306 g/mol. The van der Waals surface area contributed by atoms with Gasteiger partial charge in [-0.05, 0) is 17.9 Å². The van der Waals surface area contributed by atoms with Gasteiger partial charge in [-0.2, -0.15) is 0 Å². The first-order valence-corrected chi connectivity index (χ1v) is 7.68. The summed E-state index contributed by atoms with van der Waals surface area (Å²) in [5.41, 5.74) is 0.977. The SMILES string of the molecule is CCSc1cccc(NCCc2nncn2C)c1C(=O)O. The second kappa shape index (κ2) is 7.12. The molecule has 0 amide bonds. The fourth-order valence-electron chi connectivity index (χ4n) is 2.02. The number of aryl methyl sites for hydroxylation is 1. The number of nitrogens with one attached hydrogen (secondary N) is 1. The quantitative estimate of drug-likeness (QED) is 0.764. The molecule has 2 rings (SSSR count). The Labute approximate surface area is 127 Å². The molecule has 0 atom stereocenters. The number of thioether (sulfide) groups is 1. The molecule has 0 fully saturated rings. The van der Waals surface area contributed by atoms with Crippen LogP contribution in [0.15, 0.2) is 29.4 Å². The third-order valence-corrected chi connectivity index (χ3v) is 3.95. The molecular weight excluding hydrogens is 288 g/mol. The van der Waals surface area contributed by atoms with Crippen molar-refractivity contribution in [3.8, 4) is 0 Å². The molecule has 0 aliphatic carbocycles. The average Bonchev–Trinajstić information content (AvgIpc) is 2.85. The lowest BCUT2D eigenvalue weighted by Gasteiger charge is -2.12.